The van der Waals surface area contributed by atoms with E-state index in [1.807, 2.05) is 0 Å². The molecule has 0 aliphatic rings. The van der Waals surface area contributed by atoms with E-state index in [1.165, 1.54) is 5.38 Å². The summed E-state index contributed by atoms with van der Waals surface area (Å²) in [4.78, 5) is 10.5. The summed E-state index contributed by atoms with van der Waals surface area (Å²) in [6, 6.07) is 1.09. The predicted molar refractivity (Wildman–Crippen MR) is 59.5 cm³/mol. The van der Waals surface area contributed by atoms with Gasteiger partial charge in [-0.25, -0.2) is 17.9 Å². The van der Waals surface area contributed by atoms with Crippen LogP contribution in [0.15, 0.2) is 16.3 Å². The highest BCUT2D eigenvalue weighted by Crippen LogP contribution is 2.19. The molecule has 0 fully saturated rings. The number of aromatic carboxylic acids is 1. The largest absolute Gasteiger partial charge is 0.477 e. The van der Waals surface area contributed by atoms with Gasteiger partial charge in [-0.3, -0.25) is 0 Å². The molecule has 9 nitrogen and oxygen atoms in total. The molecular weight excluding hydrogens is 282 g/mol. The minimum atomic E-state index is -3.77. The van der Waals surface area contributed by atoms with Crippen molar-refractivity contribution in [2.75, 3.05) is 0 Å². The van der Waals surface area contributed by atoms with E-state index >= 15 is 0 Å². The number of nitrogens with one attached hydrogen (secondary N) is 2. The van der Waals surface area contributed by atoms with Gasteiger partial charge in [0.05, 0.1) is 11.4 Å². The third-order valence-electron chi connectivity index (χ3n) is 1.91. The van der Waals surface area contributed by atoms with Gasteiger partial charge in [0.25, 0.3) is 0 Å². The molecule has 0 aromatic carbocycles. The second-order valence-electron chi connectivity index (χ2n) is 3.10. The molecule has 2 aromatic rings. The van der Waals surface area contributed by atoms with Crippen molar-refractivity contribution in [1.82, 2.24) is 25.3 Å². The zero-order valence-electron chi connectivity index (χ0n) is 8.69. The lowest BCUT2D eigenvalue weighted by Crippen LogP contribution is -2.23. The first-order valence-electron chi connectivity index (χ1n) is 4.53. The molecule has 2 heterocycles. The maximum Gasteiger partial charge on any atom is 0.345 e. The Morgan fingerprint density at radius 1 is 1.56 bits per heavy atom. The van der Waals surface area contributed by atoms with Crippen molar-refractivity contribution in [3.8, 4) is 0 Å². The number of carbonyl (C=O) groups is 1. The van der Waals surface area contributed by atoms with Crippen LogP contribution in [0.25, 0.3) is 0 Å². The van der Waals surface area contributed by atoms with Crippen molar-refractivity contribution < 1.29 is 18.3 Å². The first kappa shape index (κ1) is 12.6. The summed E-state index contributed by atoms with van der Waals surface area (Å²) < 4.78 is 25.8. The molecule has 2 rings (SSSR count). The highest BCUT2D eigenvalue weighted by Gasteiger charge is 2.18. The van der Waals surface area contributed by atoms with Gasteiger partial charge in [0.15, 0.2) is 5.82 Å². The highest BCUT2D eigenvalue weighted by atomic mass is 32.2. The number of H-pyrrole nitrogens is 1. The third-order valence-corrected chi connectivity index (χ3v) is 4.35. The fourth-order valence-corrected chi connectivity index (χ4v) is 3.16. The lowest BCUT2D eigenvalue weighted by Gasteiger charge is -2.01. The SMILES string of the molecule is O=C(O)c1cc(S(=O)(=O)NCc2nn[nH]n2)cs1. The van der Waals surface area contributed by atoms with Crippen LogP contribution in [0.1, 0.15) is 15.5 Å². The molecule has 0 saturated heterocycles. The van der Waals surface area contributed by atoms with Crippen LogP contribution in [0.2, 0.25) is 0 Å². The first-order chi connectivity index (χ1) is 8.49. The van der Waals surface area contributed by atoms with Gasteiger partial charge in [-0.2, -0.15) is 5.21 Å². The highest BCUT2D eigenvalue weighted by molar-refractivity contribution is 7.89. The van der Waals surface area contributed by atoms with Gasteiger partial charge in [-0.1, -0.05) is 5.21 Å². The predicted octanol–water partition coefficient (Wildman–Crippen LogP) is -0.562. The van der Waals surface area contributed by atoms with E-state index in [0.717, 1.165) is 17.4 Å². The Bertz CT molecular complexity index is 647. The normalized spacial score (nSPS) is 11.6. The zero-order valence-corrected chi connectivity index (χ0v) is 10.3. The molecule has 0 amide bonds. The van der Waals surface area contributed by atoms with Gasteiger partial charge in [-0.05, 0) is 6.07 Å². The molecule has 11 heteroatoms. The van der Waals surface area contributed by atoms with Gasteiger partial charge >= 0.3 is 5.97 Å². The molecule has 96 valence electrons. The quantitative estimate of drug-likeness (QED) is 0.670. The Balaban J connectivity index is 2.12. The average Bonchev–Trinajstić information content (AvgIpc) is 2.98. The smallest absolute Gasteiger partial charge is 0.345 e. The number of hydrogen-bond donors (Lipinski definition) is 3. The number of aromatic amines is 1. The summed E-state index contributed by atoms with van der Waals surface area (Å²) in [7, 11) is -3.77. The minimum absolute atomic E-state index is 0.0464. The van der Waals surface area contributed by atoms with Crippen molar-refractivity contribution in [2.45, 2.75) is 11.4 Å². The topological polar surface area (TPSA) is 138 Å². The number of nitrogens with zero attached hydrogens (tertiary/aromatic N) is 3. The van der Waals surface area contributed by atoms with Gasteiger partial charge in [0.1, 0.15) is 4.88 Å². The number of carboxylic acid groups (broad SMARTS) is 1. The molecule has 0 aliphatic carbocycles. The summed E-state index contributed by atoms with van der Waals surface area (Å²) in [6.07, 6.45) is 0. The van der Waals surface area contributed by atoms with Crippen molar-refractivity contribution in [2.24, 2.45) is 0 Å². The Kier molecular flexibility index (Phi) is 3.36. The van der Waals surface area contributed by atoms with Crippen LogP contribution in [0.4, 0.5) is 0 Å². The van der Waals surface area contributed by atoms with Crippen molar-refractivity contribution in [3.05, 3.63) is 22.1 Å². The fourth-order valence-electron chi connectivity index (χ4n) is 1.07. The maximum absolute atomic E-state index is 11.8. The van der Waals surface area contributed by atoms with E-state index in [2.05, 4.69) is 25.3 Å². The van der Waals surface area contributed by atoms with Crippen molar-refractivity contribution in [1.29, 1.82) is 0 Å². The monoisotopic (exact) mass is 289 g/mol. The van der Waals surface area contributed by atoms with Gasteiger partial charge in [-0.15, -0.1) is 21.5 Å². The lowest BCUT2D eigenvalue weighted by atomic mass is 10.5. The Morgan fingerprint density at radius 2 is 2.33 bits per heavy atom. The second kappa shape index (κ2) is 4.80. The second-order valence-corrected chi connectivity index (χ2v) is 5.78. The van der Waals surface area contributed by atoms with Crippen molar-refractivity contribution in [3.63, 3.8) is 0 Å². The summed E-state index contributed by atoms with van der Waals surface area (Å²) in [5, 5.41) is 22.6. The standard InChI is InChI=1S/C7H7N5O4S2/c13-7(14)5-1-4(3-17-5)18(15,16)8-2-6-9-11-12-10-6/h1,3,8H,2H2,(H,13,14)(H,9,10,11,12). The van der Waals surface area contributed by atoms with Gasteiger partial charge in [0.2, 0.25) is 10.0 Å². The molecule has 18 heavy (non-hydrogen) atoms. The summed E-state index contributed by atoms with van der Waals surface area (Å²) in [5.41, 5.74) is 0. The van der Waals surface area contributed by atoms with E-state index in [0.29, 0.717) is 0 Å². The van der Waals surface area contributed by atoms with Crippen LogP contribution in [-0.2, 0) is 16.6 Å². The summed E-state index contributed by atoms with van der Waals surface area (Å²) in [5.74, 6) is -0.980. The van der Waals surface area contributed by atoms with Gasteiger partial charge in [0, 0.05) is 5.38 Å². The number of sulfonamides is 1. The van der Waals surface area contributed by atoms with Gasteiger partial charge < -0.3 is 5.11 Å². The van der Waals surface area contributed by atoms with Crippen LogP contribution in [0.5, 0.6) is 0 Å². The van der Waals surface area contributed by atoms with E-state index in [9.17, 15) is 13.2 Å². The number of hydrogen-bond acceptors (Lipinski definition) is 7. The van der Waals surface area contributed by atoms with Crippen LogP contribution in [0.3, 0.4) is 0 Å². The van der Waals surface area contributed by atoms with E-state index < -0.39 is 16.0 Å². The number of thiophene rings is 1. The molecule has 0 spiro atoms. The molecule has 0 saturated carbocycles. The minimum Gasteiger partial charge on any atom is -0.477 e. The Morgan fingerprint density at radius 3 is 2.89 bits per heavy atom. The van der Waals surface area contributed by atoms with Crippen molar-refractivity contribution >= 4 is 27.3 Å². The number of carboxylic acids is 1. The average molecular weight is 289 g/mol. The van der Waals surface area contributed by atoms with Crippen LogP contribution in [-0.4, -0.2) is 40.1 Å². The van der Waals surface area contributed by atoms with E-state index in [1.54, 1.807) is 0 Å². The molecule has 0 aliphatic heterocycles. The molecule has 0 unspecified atom stereocenters. The molecule has 2 aromatic heterocycles. The first-order valence-corrected chi connectivity index (χ1v) is 6.89. The zero-order chi connectivity index (χ0) is 13.2. The van der Waals surface area contributed by atoms with E-state index in [-0.39, 0.29) is 22.1 Å². The lowest BCUT2D eigenvalue weighted by molar-refractivity contribution is 0.0702. The molecule has 0 atom stereocenters. The van der Waals surface area contributed by atoms with E-state index in [4.69, 9.17) is 5.11 Å². The Hall–Kier alpha value is -1.85. The van der Waals surface area contributed by atoms with Crippen LogP contribution in [0, 0.1) is 0 Å². The third kappa shape index (κ3) is 2.69. The summed E-state index contributed by atoms with van der Waals surface area (Å²) in [6.45, 7) is -0.128. The number of tetrazole rings is 1. The number of rotatable bonds is 5. The number of aromatic nitrogens is 4. The fraction of sp³-hybridized carbons (Fsp3) is 0.143. The molecule has 0 bridgehead atoms. The van der Waals surface area contributed by atoms with Crippen LogP contribution >= 0.6 is 11.3 Å². The molecular formula is C7H7N5O4S2. The Labute approximate surface area is 105 Å². The molecule has 3 N–H and O–H groups in total. The molecule has 0 radical (unpaired) electrons. The maximum atomic E-state index is 11.8. The summed E-state index contributed by atoms with van der Waals surface area (Å²) >= 11 is 0.839. The van der Waals surface area contributed by atoms with Crippen LogP contribution < -0.4 is 4.72 Å².